The molecule has 9 heteroatoms. The molecular weight excluding hydrogens is 275 g/mol. The first-order valence-corrected chi connectivity index (χ1v) is 5.91. The molecule has 0 atom stereocenters. The molecule has 0 aliphatic rings. The lowest BCUT2D eigenvalue weighted by atomic mass is 10.3. The average Bonchev–Trinajstić information content (AvgIpc) is 2.42. The van der Waals surface area contributed by atoms with Gasteiger partial charge in [-0.25, -0.2) is 4.98 Å². The Morgan fingerprint density at radius 1 is 1.35 bits per heavy atom. The van der Waals surface area contributed by atoms with Crippen molar-refractivity contribution in [2.75, 3.05) is 37.4 Å². The van der Waals surface area contributed by atoms with E-state index in [1.54, 1.807) is 6.92 Å². The molecule has 0 spiro atoms. The molecule has 0 aromatic carbocycles. The summed E-state index contributed by atoms with van der Waals surface area (Å²) in [4.78, 5) is 20.1. The third-order valence-electron chi connectivity index (χ3n) is 2.55. The van der Waals surface area contributed by atoms with Crippen molar-refractivity contribution in [1.29, 1.82) is 0 Å². The van der Waals surface area contributed by atoms with Crippen molar-refractivity contribution in [3.63, 3.8) is 0 Å². The highest BCUT2D eigenvalue weighted by Gasteiger charge is 2.34. The van der Waals surface area contributed by atoms with Gasteiger partial charge in [0.2, 0.25) is 11.9 Å². The third-order valence-corrected chi connectivity index (χ3v) is 2.55. The van der Waals surface area contributed by atoms with Crippen LogP contribution in [0.2, 0.25) is 0 Å². The maximum absolute atomic E-state index is 12.8. The zero-order chi connectivity index (χ0) is 15.3. The van der Waals surface area contributed by atoms with Gasteiger partial charge in [-0.3, -0.25) is 4.79 Å². The highest BCUT2D eigenvalue weighted by molar-refractivity contribution is 5.80. The van der Waals surface area contributed by atoms with Crippen LogP contribution < -0.4 is 15.5 Å². The fourth-order valence-corrected chi connectivity index (χ4v) is 1.46. The summed E-state index contributed by atoms with van der Waals surface area (Å²) in [5.41, 5.74) is -1.05. The van der Waals surface area contributed by atoms with Gasteiger partial charge >= 0.3 is 6.18 Å². The summed E-state index contributed by atoms with van der Waals surface area (Å²) in [5, 5.41) is 4.89. The Morgan fingerprint density at radius 3 is 2.45 bits per heavy atom. The lowest BCUT2D eigenvalue weighted by Crippen LogP contribution is -2.36. The van der Waals surface area contributed by atoms with Crippen LogP contribution in [0.15, 0.2) is 6.07 Å². The predicted octanol–water partition coefficient (Wildman–Crippen LogP) is 1.11. The quantitative estimate of drug-likeness (QED) is 0.850. The van der Waals surface area contributed by atoms with Gasteiger partial charge < -0.3 is 15.5 Å². The Bertz CT molecular complexity index is 478. The molecule has 1 aromatic heterocycles. The van der Waals surface area contributed by atoms with E-state index < -0.39 is 11.9 Å². The normalized spacial score (nSPS) is 11.1. The number of aromatic nitrogens is 2. The first-order chi connectivity index (χ1) is 9.31. The molecule has 0 saturated carbocycles. The molecule has 0 saturated heterocycles. The molecule has 0 aliphatic heterocycles. The summed E-state index contributed by atoms with van der Waals surface area (Å²) < 4.78 is 38.3. The lowest BCUT2D eigenvalue weighted by Gasteiger charge is -2.22. The Labute approximate surface area is 114 Å². The molecule has 1 rings (SSSR count). The molecule has 1 aromatic rings. The summed E-state index contributed by atoms with van der Waals surface area (Å²) in [7, 11) is 2.88. The minimum Gasteiger partial charge on any atom is -0.358 e. The van der Waals surface area contributed by atoms with Crippen molar-refractivity contribution in [2.24, 2.45) is 0 Å². The first kappa shape index (κ1) is 16.0. The van der Waals surface area contributed by atoms with Gasteiger partial charge in [-0.05, 0) is 6.92 Å². The minimum absolute atomic E-state index is 0.0442. The van der Waals surface area contributed by atoms with Gasteiger partial charge in [-0.1, -0.05) is 0 Å². The van der Waals surface area contributed by atoms with Crippen LogP contribution in [-0.4, -0.2) is 43.1 Å². The fourth-order valence-electron chi connectivity index (χ4n) is 1.46. The van der Waals surface area contributed by atoms with Crippen LogP contribution >= 0.6 is 0 Å². The molecule has 0 bridgehead atoms. The number of hydrogen-bond acceptors (Lipinski definition) is 5. The van der Waals surface area contributed by atoms with Crippen molar-refractivity contribution in [1.82, 2.24) is 15.3 Å². The fraction of sp³-hybridized carbons (Fsp3) is 0.545. The van der Waals surface area contributed by atoms with Crippen LogP contribution in [-0.2, 0) is 11.0 Å². The predicted molar refractivity (Wildman–Crippen MR) is 68.5 cm³/mol. The number of likely N-dealkylation sites (N-methyl/N-ethyl adjacent to an activating group) is 2. The Hall–Kier alpha value is -2.06. The number of rotatable bonds is 5. The van der Waals surface area contributed by atoms with E-state index >= 15 is 0 Å². The molecule has 112 valence electrons. The number of nitrogens with zero attached hydrogens (tertiary/aromatic N) is 3. The Kier molecular flexibility index (Phi) is 5.12. The summed E-state index contributed by atoms with van der Waals surface area (Å²) in [5.74, 6) is -0.419. The van der Waals surface area contributed by atoms with Gasteiger partial charge in [-0.15, -0.1) is 0 Å². The minimum atomic E-state index is -4.57. The van der Waals surface area contributed by atoms with Gasteiger partial charge in [0.05, 0.1) is 6.54 Å². The molecule has 0 aliphatic carbocycles. The number of amides is 1. The number of alkyl halides is 3. The number of carbonyl (C=O) groups excluding carboxylic acids is 1. The number of halogens is 3. The van der Waals surface area contributed by atoms with Crippen molar-refractivity contribution >= 4 is 17.7 Å². The van der Waals surface area contributed by atoms with Crippen LogP contribution in [0.1, 0.15) is 12.6 Å². The molecule has 1 amide bonds. The van der Waals surface area contributed by atoms with E-state index in [1.807, 2.05) is 0 Å². The van der Waals surface area contributed by atoms with Gasteiger partial charge in [-0.2, -0.15) is 18.2 Å². The van der Waals surface area contributed by atoms with E-state index in [1.165, 1.54) is 19.0 Å². The molecule has 0 unspecified atom stereocenters. The monoisotopic (exact) mass is 291 g/mol. The molecule has 0 radical (unpaired) electrons. The standard InChI is InChI=1S/C11H16F3N5O/c1-4-19(6-9(20)15-2)8-5-7(11(12,13)14)17-10(16-3)18-8/h5H,4,6H2,1-3H3,(H,15,20)(H,16,17,18). The van der Waals surface area contributed by atoms with Crippen molar-refractivity contribution in [3.05, 3.63) is 11.8 Å². The smallest absolute Gasteiger partial charge is 0.358 e. The van der Waals surface area contributed by atoms with E-state index in [2.05, 4.69) is 20.6 Å². The summed E-state index contributed by atoms with van der Waals surface area (Å²) in [6.07, 6.45) is -4.57. The van der Waals surface area contributed by atoms with E-state index in [4.69, 9.17) is 0 Å². The van der Waals surface area contributed by atoms with Crippen LogP contribution in [0.3, 0.4) is 0 Å². The molecule has 0 fully saturated rings. The Morgan fingerprint density at radius 2 is 2.00 bits per heavy atom. The topological polar surface area (TPSA) is 70.2 Å². The number of carbonyl (C=O) groups is 1. The zero-order valence-corrected chi connectivity index (χ0v) is 11.4. The van der Waals surface area contributed by atoms with Gasteiger partial charge in [0.1, 0.15) is 5.82 Å². The van der Waals surface area contributed by atoms with Gasteiger partial charge in [0.15, 0.2) is 5.69 Å². The number of anilines is 2. The van der Waals surface area contributed by atoms with E-state index in [9.17, 15) is 18.0 Å². The zero-order valence-electron chi connectivity index (χ0n) is 11.4. The Balaban J connectivity index is 3.17. The summed E-state index contributed by atoms with van der Waals surface area (Å²) in [6.45, 7) is 1.98. The second-order valence-electron chi connectivity index (χ2n) is 3.87. The largest absolute Gasteiger partial charge is 0.433 e. The number of nitrogens with one attached hydrogen (secondary N) is 2. The summed E-state index contributed by atoms with van der Waals surface area (Å²) in [6, 6.07) is 0.827. The van der Waals surface area contributed by atoms with Crippen molar-refractivity contribution < 1.29 is 18.0 Å². The van der Waals surface area contributed by atoms with Gasteiger partial charge in [0.25, 0.3) is 0 Å². The second kappa shape index (κ2) is 6.40. The van der Waals surface area contributed by atoms with Gasteiger partial charge in [0, 0.05) is 26.7 Å². The van der Waals surface area contributed by atoms with E-state index in [-0.39, 0.29) is 24.2 Å². The molecule has 1 heterocycles. The lowest BCUT2D eigenvalue weighted by molar-refractivity contribution is -0.141. The maximum atomic E-state index is 12.8. The van der Waals surface area contributed by atoms with E-state index in [0.29, 0.717) is 6.54 Å². The second-order valence-corrected chi connectivity index (χ2v) is 3.87. The third kappa shape index (κ3) is 3.97. The van der Waals surface area contributed by atoms with Crippen LogP contribution in [0, 0.1) is 0 Å². The summed E-state index contributed by atoms with van der Waals surface area (Å²) >= 11 is 0. The molecular formula is C11H16F3N5O. The highest BCUT2D eigenvalue weighted by atomic mass is 19.4. The number of hydrogen-bond donors (Lipinski definition) is 2. The average molecular weight is 291 g/mol. The van der Waals surface area contributed by atoms with Crippen LogP contribution in [0.4, 0.5) is 24.9 Å². The maximum Gasteiger partial charge on any atom is 0.433 e. The molecule has 20 heavy (non-hydrogen) atoms. The van der Waals surface area contributed by atoms with Crippen molar-refractivity contribution in [2.45, 2.75) is 13.1 Å². The first-order valence-electron chi connectivity index (χ1n) is 5.91. The van der Waals surface area contributed by atoms with Crippen molar-refractivity contribution in [3.8, 4) is 0 Å². The van der Waals surface area contributed by atoms with E-state index in [0.717, 1.165) is 6.07 Å². The van der Waals surface area contributed by atoms with Crippen LogP contribution in [0.25, 0.3) is 0 Å². The molecule has 6 nitrogen and oxygen atoms in total. The molecule has 2 N–H and O–H groups in total. The van der Waals surface area contributed by atoms with Crippen LogP contribution in [0.5, 0.6) is 0 Å². The highest BCUT2D eigenvalue weighted by Crippen LogP contribution is 2.30. The SMILES string of the molecule is CCN(CC(=O)NC)c1cc(C(F)(F)F)nc(NC)n1.